The van der Waals surface area contributed by atoms with Gasteiger partial charge in [0, 0.05) is 12.0 Å². The molecule has 0 heterocycles. The first-order valence-corrected chi connectivity index (χ1v) is 7.40. The van der Waals surface area contributed by atoms with Gasteiger partial charge in [0.15, 0.2) is 0 Å². The Hall–Kier alpha value is -1.55. The quantitative estimate of drug-likeness (QED) is 0.875. The van der Waals surface area contributed by atoms with Crippen molar-refractivity contribution in [3.05, 3.63) is 35.9 Å². The summed E-state index contributed by atoms with van der Waals surface area (Å²) < 4.78 is 5.27. The van der Waals surface area contributed by atoms with Crippen LogP contribution in [0.15, 0.2) is 30.3 Å². The monoisotopic (exact) mass is 292 g/mol. The second-order valence-electron chi connectivity index (χ2n) is 6.85. The highest BCUT2D eigenvalue weighted by atomic mass is 16.6. The summed E-state index contributed by atoms with van der Waals surface area (Å²) in [6.07, 6.45) is -0.401. The standard InChI is InChI=1S/C17H28N2O2/c1-13(14-9-7-6-8-10-14)17(5,11-18)12-19-15(20)21-16(2,3)4/h6-10,13H,11-12,18H2,1-5H3,(H,19,20). The van der Waals surface area contributed by atoms with Crippen molar-refractivity contribution in [3.63, 3.8) is 0 Å². The van der Waals surface area contributed by atoms with Gasteiger partial charge in [-0.2, -0.15) is 0 Å². The Bertz CT molecular complexity index is 454. The van der Waals surface area contributed by atoms with Gasteiger partial charge in [0.2, 0.25) is 0 Å². The van der Waals surface area contributed by atoms with E-state index in [0.717, 1.165) is 0 Å². The summed E-state index contributed by atoms with van der Waals surface area (Å²) in [7, 11) is 0. The van der Waals surface area contributed by atoms with E-state index in [0.29, 0.717) is 13.1 Å². The Morgan fingerprint density at radius 2 is 1.81 bits per heavy atom. The molecule has 0 aliphatic heterocycles. The highest BCUT2D eigenvalue weighted by Gasteiger charge is 2.32. The fraction of sp³-hybridized carbons (Fsp3) is 0.588. The molecule has 0 spiro atoms. The Balaban J connectivity index is 2.70. The smallest absolute Gasteiger partial charge is 0.407 e. The predicted molar refractivity (Wildman–Crippen MR) is 86.3 cm³/mol. The number of nitrogens with two attached hydrogens (primary N) is 1. The molecule has 1 amide bonds. The van der Waals surface area contributed by atoms with Crippen molar-refractivity contribution in [2.24, 2.45) is 11.1 Å². The van der Waals surface area contributed by atoms with Crippen molar-refractivity contribution in [2.75, 3.05) is 13.1 Å². The number of alkyl carbamates (subject to hydrolysis) is 1. The lowest BCUT2D eigenvalue weighted by molar-refractivity contribution is 0.0499. The second kappa shape index (κ2) is 6.94. The molecule has 1 rings (SSSR count). The average Bonchev–Trinajstić information content (AvgIpc) is 2.43. The topological polar surface area (TPSA) is 64.3 Å². The molecule has 3 N–H and O–H groups in total. The van der Waals surface area contributed by atoms with Crippen LogP contribution in [0.4, 0.5) is 4.79 Å². The fourth-order valence-corrected chi connectivity index (χ4v) is 2.13. The van der Waals surface area contributed by atoms with Crippen molar-refractivity contribution in [1.82, 2.24) is 5.32 Å². The average molecular weight is 292 g/mol. The maximum atomic E-state index is 11.8. The fourth-order valence-electron chi connectivity index (χ4n) is 2.13. The Morgan fingerprint density at radius 1 is 1.24 bits per heavy atom. The largest absolute Gasteiger partial charge is 0.444 e. The van der Waals surface area contributed by atoms with E-state index in [9.17, 15) is 4.79 Å². The number of amides is 1. The summed E-state index contributed by atoms with van der Waals surface area (Å²) in [4.78, 5) is 11.8. The van der Waals surface area contributed by atoms with Crippen molar-refractivity contribution < 1.29 is 9.53 Å². The summed E-state index contributed by atoms with van der Waals surface area (Å²) >= 11 is 0. The van der Waals surface area contributed by atoms with Gasteiger partial charge in [0.25, 0.3) is 0 Å². The molecule has 0 radical (unpaired) electrons. The summed E-state index contributed by atoms with van der Waals surface area (Å²) in [6.45, 7) is 10.7. The molecular formula is C17H28N2O2. The van der Waals surface area contributed by atoms with Crippen molar-refractivity contribution in [2.45, 2.75) is 46.1 Å². The number of carbonyl (C=O) groups is 1. The third-order valence-electron chi connectivity index (χ3n) is 3.85. The van der Waals surface area contributed by atoms with Crippen LogP contribution in [0.25, 0.3) is 0 Å². The molecule has 0 saturated carbocycles. The van der Waals surface area contributed by atoms with E-state index in [1.807, 2.05) is 39.0 Å². The van der Waals surface area contributed by atoms with Crippen LogP contribution < -0.4 is 11.1 Å². The van der Waals surface area contributed by atoms with Crippen LogP contribution in [0.1, 0.15) is 46.1 Å². The third kappa shape index (κ3) is 5.38. The van der Waals surface area contributed by atoms with Crippen LogP contribution >= 0.6 is 0 Å². The molecular weight excluding hydrogens is 264 g/mol. The lowest BCUT2D eigenvalue weighted by Crippen LogP contribution is -2.45. The number of ether oxygens (including phenoxy) is 1. The minimum Gasteiger partial charge on any atom is -0.444 e. The van der Waals surface area contributed by atoms with Crippen molar-refractivity contribution in [3.8, 4) is 0 Å². The van der Waals surface area contributed by atoms with Gasteiger partial charge in [-0.15, -0.1) is 0 Å². The first kappa shape index (κ1) is 17.5. The van der Waals surface area contributed by atoms with Gasteiger partial charge < -0.3 is 15.8 Å². The van der Waals surface area contributed by atoms with Gasteiger partial charge in [-0.3, -0.25) is 0 Å². The van der Waals surface area contributed by atoms with Gasteiger partial charge in [-0.25, -0.2) is 4.79 Å². The zero-order chi connectivity index (χ0) is 16.1. The molecule has 2 unspecified atom stereocenters. The van der Waals surface area contributed by atoms with Crippen molar-refractivity contribution >= 4 is 6.09 Å². The second-order valence-corrected chi connectivity index (χ2v) is 6.85. The van der Waals surface area contributed by atoms with E-state index in [4.69, 9.17) is 10.5 Å². The van der Waals surface area contributed by atoms with Gasteiger partial charge in [0.1, 0.15) is 5.60 Å². The lowest BCUT2D eigenvalue weighted by Gasteiger charge is -2.35. The maximum absolute atomic E-state index is 11.8. The number of hydrogen-bond donors (Lipinski definition) is 2. The molecule has 0 fully saturated rings. The first-order chi connectivity index (χ1) is 9.68. The molecule has 21 heavy (non-hydrogen) atoms. The normalized spacial score (nSPS) is 15.9. The van der Waals surface area contributed by atoms with Crippen molar-refractivity contribution in [1.29, 1.82) is 0 Å². The first-order valence-electron chi connectivity index (χ1n) is 7.40. The van der Waals surface area contributed by atoms with E-state index in [1.54, 1.807) is 0 Å². The van der Waals surface area contributed by atoms with Crippen LogP contribution in [0.5, 0.6) is 0 Å². The Kier molecular flexibility index (Phi) is 5.78. The number of hydrogen-bond acceptors (Lipinski definition) is 3. The van der Waals surface area contributed by atoms with Crippen LogP contribution in [0.3, 0.4) is 0 Å². The molecule has 0 aliphatic rings. The van der Waals surface area contributed by atoms with Gasteiger partial charge in [0.05, 0.1) is 0 Å². The number of rotatable bonds is 5. The van der Waals surface area contributed by atoms with E-state index in [2.05, 4.69) is 31.3 Å². The van der Waals surface area contributed by atoms with Crippen LogP contribution in [0.2, 0.25) is 0 Å². The molecule has 0 saturated heterocycles. The van der Waals surface area contributed by atoms with E-state index >= 15 is 0 Å². The minimum absolute atomic E-state index is 0.224. The molecule has 2 atom stereocenters. The summed E-state index contributed by atoms with van der Waals surface area (Å²) in [5.41, 5.74) is 6.47. The third-order valence-corrected chi connectivity index (χ3v) is 3.85. The SMILES string of the molecule is CC(c1ccccc1)C(C)(CN)CNC(=O)OC(C)(C)C. The highest BCUT2D eigenvalue weighted by molar-refractivity contribution is 5.67. The molecule has 4 nitrogen and oxygen atoms in total. The van der Waals surface area contributed by atoms with Crippen LogP contribution in [0, 0.1) is 5.41 Å². The number of benzene rings is 1. The van der Waals surface area contributed by atoms with Gasteiger partial charge >= 0.3 is 6.09 Å². The van der Waals surface area contributed by atoms with Gasteiger partial charge in [-0.1, -0.05) is 44.2 Å². The lowest BCUT2D eigenvalue weighted by atomic mass is 9.74. The summed E-state index contributed by atoms with van der Waals surface area (Å²) in [6, 6.07) is 10.2. The Labute approximate surface area is 128 Å². The molecule has 0 aliphatic carbocycles. The van der Waals surface area contributed by atoms with Gasteiger partial charge in [-0.05, 0) is 38.8 Å². The molecule has 118 valence electrons. The number of carbonyl (C=O) groups excluding carboxylic acids is 1. The number of nitrogens with one attached hydrogen (secondary N) is 1. The molecule has 1 aromatic rings. The minimum atomic E-state index is -0.492. The molecule has 0 bridgehead atoms. The van der Waals surface area contributed by atoms with E-state index in [1.165, 1.54) is 5.56 Å². The summed E-state index contributed by atoms with van der Waals surface area (Å²) in [5, 5.41) is 2.84. The van der Waals surface area contributed by atoms with E-state index in [-0.39, 0.29) is 11.3 Å². The molecule has 4 heteroatoms. The zero-order valence-corrected chi connectivity index (χ0v) is 13.8. The maximum Gasteiger partial charge on any atom is 0.407 e. The molecule has 1 aromatic carbocycles. The Morgan fingerprint density at radius 3 is 2.29 bits per heavy atom. The van der Waals surface area contributed by atoms with Crippen LogP contribution in [-0.4, -0.2) is 24.8 Å². The molecule has 0 aromatic heterocycles. The highest BCUT2D eigenvalue weighted by Crippen LogP contribution is 2.34. The predicted octanol–water partition coefficient (Wildman–Crippen LogP) is 3.28. The zero-order valence-electron chi connectivity index (χ0n) is 13.8. The van der Waals surface area contributed by atoms with Crippen LogP contribution in [-0.2, 0) is 4.74 Å². The summed E-state index contributed by atoms with van der Waals surface area (Å²) in [5.74, 6) is 0.235. The van der Waals surface area contributed by atoms with E-state index < -0.39 is 11.7 Å².